The molecule has 0 N–H and O–H groups in total. The molecule has 48 heavy (non-hydrogen) atoms. The Balaban J connectivity index is 0.931. The van der Waals surface area contributed by atoms with Crippen molar-refractivity contribution in [2.45, 2.75) is 0 Å². The van der Waals surface area contributed by atoms with E-state index in [2.05, 4.69) is 153 Å². The van der Waals surface area contributed by atoms with Gasteiger partial charge in [-0.1, -0.05) is 97.1 Å². The molecule has 0 radical (unpaired) electrons. The quantitative estimate of drug-likeness (QED) is 0.147. The van der Waals surface area contributed by atoms with E-state index in [4.69, 9.17) is 0 Å². The number of aromatic nitrogens is 4. The van der Waals surface area contributed by atoms with Gasteiger partial charge in [-0.2, -0.15) is 0 Å². The lowest BCUT2D eigenvalue weighted by Crippen LogP contribution is -1.95. The second kappa shape index (κ2) is 10.5. The van der Waals surface area contributed by atoms with Gasteiger partial charge in [-0.15, -0.1) is 0 Å². The second-order valence-electron chi connectivity index (χ2n) is 12.4. The lowest BCUT2D eigenvalue weighted by molar-refractivity contribution is 1.08. The Bertz CT molecular complexity index is 2680. The fraction of sp³-hybridized carbons (Fsp3) is 0. The molecule has 4 heteroatoms. The topological polar surface area (TPSA) is 51.6 Å². The van der Waals surface area contributed by atoms with Crippen molar-refractivity contribution in [2.24, 2.45) is 0 Å². The van der Waals surface area contributed by atoms with Crippen LogP contribution in [0.4, 0.5) is 0 Å². The number of hydrogen-bond donors (Lipinski definition) is 0. The Morgan fingerprint density at radius 3 is 1.10 bits per heavy atom. The molecular formula is C44H26N4. The Hall–Kier alpha value is -6.52. The number of benzene rings is 8. The third-order valence-electron chi connectivity index (χ3n) is 9.57. The van der Waals surface area contributed by atoms with Crippen LogP contribution in [-0.2, 0) is 0 Å². The molecular weight excluding hydrogens is 585 g/mol. The van der Waals surface area contributed by atoms with Gasteiger partial charge < -0.3 is 0 Å². The van der Waals surface area contributed by atoms with Crippen molar-refractivity contribution in [1.29, 1.82) is 0 Å². The molecule has 0 amide bonds. The van der Waals surface area contributed by atoms with Crippen LogP contribution in [0.5, 0.6) is 0 Å². The van der Waals surface area contributed by atoms with E-state index >= 15 is 0 Å². The van der Waals surface area contributed by atoms with Crippen LogP contribution in [-0.4, -0.2) is 19.9 Å². The van der Waals surface area contributed by atoms with Gasteiger partial charge in [0.15, 0.2) is 11.6 Å². The minimum Gasteiger partial charge on any atom is -0.233 e. The molecule has 222 valence electrons. The average molecular weight is 611 g/mol. The van der Waals surface area contributed by atoms with Gasteiger partial charge in [-0.05, 0) is 112 Å². The molecule has 0 atom stereocenters. The second-order valence-corrected chi connectivity index (χ2v) is 12.4. The van der Waals surface area contributed by atoms with Gasteiger partial charge in [-0.3, -0.25) is 0 Å². The van der Waals surface area contributed by atoms with Gasteiger partial charge in [0, 0.05) is 35.9 Å². The first-order chi connectivity index (χ1) is 23.7. The summed E-state index contributed by atoms with van der Waals surface area (Å²) in [6.45, 7) is 0. The van der Waals surface area contributed by atoms with Gasteiger partial charge in [0.05, 0.1) is 0 Å². The van der Waals surface area contributed by atoms with Crippen molar-refractivity contribution in [1.82, 2.24) is 19.9 Å². The predicted octanol–water partition coefficient (Wildman–Crippen LogP) is 11.2. The molecule has 0 aliphatic carbocycles. The molecule has 0 aliphatic heterocycles. The fourth-order valence-electron chi connectivity index (χ4n) is 7.05. The minimum absolute atomic E-state index is 0.501. The highest BCUT2D eigenvalue weighted by atomic mass is 15.0. The Labute approximate surface area is 276 Å². The van der Waals surface area contributed by atoms with Crippen molar-refractivity contribution in [3.63, 3.8) is 0 Å². The Morgan fingerprint density at radius 2 is 0.646 bits per heavy atom. The van der Waals surface area contributed by atoms with E-state index in [0.717, 1.165) is 22.3 Å². The lowest BCUT2D eigenvalue weighted by atomic mass is 9.96. The first-order valence-corrected chi connectivity index (χ1v) is 16.1. The maximum absolute atomic E-state index is 4.65. The minimum atomic E-state index is 0.501. The summed E-state index contributed by atoms with van der Waals surface area (Å²) in [5.41, 5.74) is 4.05. The third kappa shape index (κ3) is 4.38. The summed E-state index contributed by atoms with van der Waals surface area (Å²) in [5, 5.41) is 14.9. The molecule has 0 saturated heterocycles. The van der Waals surface area contributed by atoms with Gasteiger partial charge in [0.1, 0.15) is 0 Å². The highest BCUT2D eigenvalue weighted by molar-refractivity contribution is 6.13. The summed E-state index contributed by atoms with van der Waals surface area (Å²) in [6.07, 6.45) is 7.41. The molecule has 2 heterocycles. The number of nitrogens with zero attached hydrogens (tertiary/aromatic N) is 4. The molecule has 0 saturated carbocycles. The van der Waals surface area contributed by atoms with Crippen LogP contribution in [0.1, 0.15) is 0 Å². The Morgan fingerprint density at radius 1 is 0.250 bits per heavy atom. The highest BCUT2D eigenvalue weighted by Gasteiger charge is 2.10. The SMILES string of the molecule is c1ccc2c(c1)ccc1cc3cc(-c4cnc(-c5ncc(-c6ccc7cc8c(ccc9ccccc98)cc7c6)cn5)nc4)ccc3cc12. The summed E-state index contributed by atoms with van der Waals surface area (Å²) in [6, 6.07) is 48.1. The van der Waals surface area contributed by atoms with Gasteiger partial charge in [0.2, 0.25) is 0 Å². The van der Waals surface area contributed by atoms with Crippen molar-refractivity contribution in [3.05, 3.63) is 158 Å². The maximum Gasteiger partial charge on any atom is 0.197 e. The van der Waals surface area contributed by atoms with E-state index < -0.39 is 0 Å². The van der Waals surface area contributed by atoms with Crippen molar-refractivity contribution in [3.8, 4) is 33.9 Å². The molecule has 0 spiro atoms. The number of rotatable bonds is 3. The predicted molar refractivity (Wildman–Crippen MR) is 199 cm³/mol. The van der Waals surface area contributed by atoms with Crippen molar-refractivity contribution >= 4 is 64.6 Å². The average Bonchev–Trinajstić information content (AvgIpc) is 3.16. The van der Waals surface area contributed by atoms with Crippen LogP contribution in [0.25, 0.3) is 98.5 Å². The van der Waals surface area contributed by atoms with E-state index in [1.54, 1.807) is 0 Å². The first-order valence-electron chi connectivity index (χ1n) is 16.1. The summed E-state index contributed by atoms with van der Waals surface area (Å²) in [4.78, 5) is 18.6. The zero-order valence-corrected chi connectivity index (χ0v) is 25.8. The summed E-state index contributed by atoms with van der Waals surface area (Å²) in [5.74, 6) is 1.00. The zero-order valence-electron chi connectivity index (χ0n) is 25.8. The smallest absolute Gasteiger partial charge is 0.197 e. The summed E-state index contributed by atoms with van der Waals surface area (Å²) in [7, 11) is 0. The van der Waals surface area contributed by atoms with E-state index in [9.17, 15) is 0 Å². The third-order valence-corrected chi connectivity index (χ3v) is 9.57. The van der Waals surface area contributed by atoms with Gasteiger partial charge in [0.25, 0.3) is 0 Å². The van der Waals surface area contributed by atoms with Crippen LogP contribution in [0.15, 0.2) is 158 Å². The monoisotopic (exact) mass is 610 g/mol. The normalized spacial score (nSPS) is 11.8. The van der Waals surface area contributed by atoms with E-state index in [-0.39, 0.29) is 0 Å². The van der Waals surface area contributed by atoms with E-state index in [1.165, 1.54) is 64.6 Å². The van der Waals surface area contributed by atoms with Crippen LogP contribution >= 0.6 is 0 Å². The van der Waals surface area contributed by atoms with Gasteiger partial charge >= 0.3 is 0 Å². The number of fused-ring (bicyclic) bond motifs is 8. The molecule has 0 fully saturated rings. The van der Waals surface area contributed by atoms with Crippen LogP contribution < -0.4 is 0 Å². The summed E-state index contributed by atoms with van der Waals surface area (Å²) >= 11 is 0. The zero-order chi connectivity index (χ0) is 31.6. The van der Waals surface area contributed by atoms with Crippen molar-refractivity contribution in [2.75, 3.05) is 0 Å². The van der Waals surface area contributed by atoms with E-state index in [0.29, 0.717) is 11.6 Å². The molecule has 2 aromatic heterocycles. The summed E-state index contributed by atoms with van der Waals surface area (Å²) < 4.78 is 0. The first kappa shape index (κ1) is 26.7. The molecule has 10 aromatic rings. The molecule has 0 bridgehead atoms. The maximum atomic E-state index is 4.65. The van der Waals surface area contributed by atoms with Crippen LogP contribution in [0, 0.1) is 0 Å². The largest absolute Gasteiger partial charge is 0.233 e. The lowest BCUT2D eigenvalue weighted by Gasteiger charge is -2.09. The fourth-order valence-corrected chi connectivity index (χ4v) is 7.05. The van der Waals surface area contributed by atoms with Crippen LogP contribution in [0.3, 0.4) is 0 Å². The molecule has 8 aromatic carbocycles. The number of hydrogen-bond acceptors (Lipinski definition) is 4. The Kier molecular flexibility index (Phi) is 5.84. The molecule has 10 rings (SSSR count). The van der Waals surface area contributed by atoms with E-state index in [1.807, 2.05) is 24.8 Å². The standard InChI is InChI=1S/C44H26N4/c1-3-7-39-27(5-1)9-15-33-19-35-17-29(11-13-31(35)21-41(33)39)37-23-45-43(46-24-37)44-47-25-38(26-48-44)30-12-14-32-22-42-34(20-36(32)18-30)16-10-28-6-2-4-8-40(28)42/h1-26H. The highest BCUT2D eigenvalue weighted by Crippen LogP contribution is 2.33. The van der Waals surface area contributed by atoms with Crippen molar-refractivity contribution < 1.29 is 0 Å². The van der Waals surface area contributed by atoms with Crippen LogP contribution in [0.2, 0.25) is 0 Å². The van der Waals surface area contributed by atoms with Gasteiger partial charge in [-0.25, -0.2) is 19.9 Å². The molecule has 4 nitrogen and oxygen atoms in total. The molecule has 0 unspecified atom stereocenters. The molecule has 0 aliphatic rings.